The minimum atomic E-state index is -1.63. The van der Waals surface area contributed by atoms with Gasteiger partial charge in [-0.05, 0) is 24.0 Å². The summed E-state index contributed by atoms with van der Waals surface area (Å²) in [6, 6.07) is 4.68. The molecule has 0 spiro atoms. The summed E-state index contributed by atoms with van der Waals surface area (Å²) < 4.78 is 5.67. The number of carbonyl (C=O) groups excluding carboxylic acids is 1. The van der Waals surface area contributed by atoms with Crippen LogP contribution in [0.1, 0.15) is 31.7 Å². The fraction of sp³-hybridized carbons (Fsp3) is 0.375. The van der Waals surface area contributed by atoms with Crippen molar-refractivity contribution in [1.82, 2.24) is 5.32 Å². The minimum Gasteiger partial charge on any atom is -0.493 e. The van der Waals surface area contributed by atoms with Crippen LogP contribution in [0.2, 0.25) is 0 Å². The van der Waals surface area contributed by atoms with Crippen molar-refractivity contribution < 1.29 is 29.5 Å². The first-order valence-corrected chi connectivity index (χ1v) is 9.22. The molecule has 0 saturated carbocycles. The lowest BCUT2D eigenvalue weighted by atomic mass is 9.79. The Hall–Kier alpha value is -2.37. The van der Waals surface area contributed by atoms with E-state index in [-0.39, 0.29) is 17.1 Å². The molecule has 1 amide bonds. The number of thioether (sulfide) groups is 1. The molecule has 1 unspecified atom stereocenters. The fourth-order valence-electron chi connectivity index (χ4n) is 2.17. The second-order valence-electron chi connectivity index (χ2n) is 5.72. The predicted octanol–water partition coefficient (Wildman–Crippen LogP) is -0.0585. The number of hydrogen-bond acceptors (Lipinski definition) is 8. The molecule has 1 saturated heterocycles. The van der Waals surface area contributed by atoms with E-state index in [2.05, 4.69) is 15.5 Å². The molecular weight excluding hydrogens is 373 g/mol. The highest BCUT2D eigenvalue weighted by atomic mass is 32.2. The first-order chi connectivity index (χ1) is 12.9. The van der Waals surface area contributed by atoms with Crippen molar-refractivity contribution in [3.05, 3.63) is 23.8 Å². The van der Waals surface area contributed by atoms with Gasteiger partial charge in [-0.2, -0.15) is 5.10 Å². The van der Waals surface area contributed by atoms with Crippen molar-refractivity contribution >= 4 is 47.6 Å². The topological polar surface area (TPSA) is 141 Å². The van der Waals surface area contributed by atoms with Crippen LogP contribution in [-0.4, -0.2) is 57.4 Å². The minimum absolute atomic E-state index is 0.203. The van der Waals surface area contributed by atoms with Crippen LogP contribution in [-0.2, 0) is 9.59 Å². The molecular formula is C16H20BN3O6S. The lowest BCUT2D eigenvalue weighted by Gasteiger charge is -2.10. The Labute approximate surface area is 160 Å². The summed E-state index contributed by atoms with van der Waals surface area (Å²) in [5.41, 5.74) is 0.773. The molecule has 1 aliphatic rings. The normalized spacial score (nSPS) is 18.1. The lowest BCUT2D eigenvalue weighted by molar-refractivity contribution is -0.138. The number of amides is 1. The fourth-order valence-corrected chi connectivity index (χ4v) is 3.09. The summed E-state index contributed by atoms with van der Waals surface area (Å²) in [5.74, 6) is -0.977. The Morgan fingerprint density at radius 2 is 2.22 bits per heavy atom. The van der Waals surface area contributed by atoms with Crippen molar-refractivity contribution in [2.45, 2.75) is 31.4 Å². The third-order valence-corrected chi connectivity index (χ3v) is 4.64. The van der Waals surface area contributed by atoms with Crippen LogP contribution in [0.5, 0.6) is 5.75 Å². The zero-order valence-electron chi connectivity index (χ0n) is 14.7. The maximum absolute atomic E-state index is 11.7. The number of nitrogens with zero attached hydrogens (tertiary/aromatic N) is 2. The van der Waals surface area contributed by atoms with Gasteiger partial charge in [-0.1, -0.05) is 31.2 Å². The second-order valence-corrected chi connectivity index (χ2v) is 6.91. The molecule has 1 heterocycles. The third kappa shape index (κ3) is 6.38. The van der Waals surface area contributed by atoms with Crippen LogP contribution in [0.15, 0.2) is 28.4 Å². The van der Waals surface area contributed by atoms with Gasteiger partial charge in [0.15, 0.2) is 5.17 Å². The number of ether oxygens (including phenoxy) is 1. The number of unbranched alkanes of at least 4 members (excludes halogenated alkanes) is 1. The van der Waals surface area contributed by atoms with Crippen molar-refractivity contribution in [2.75, 3.05) is 6.61 Å². The van der Waals surface area contributed by atoms with Gasteiger partial charge >= 0.3 is 13.1 Å². The monoisotopic (exact) mass is 393 g/mol. The highest BCUT2D eigenvalue weighted by Gasteiger charge is 2.32. The van der Waals surface area contributed by atoms with E-state index in [1.54, 1.807) is 12.1 Å². The number of rotatable bonds is 9. The van der Waals surface area contributed by atoms with Gasteiger partial charge in [0, 0.05) is 5.56 Å². The first kappa shape index (κ1) is 20.9. The first-order valence-electron chi connectivity index (χ1n) is 8.34. The van der Waals surface area contributed by atoms with E-state index >= 15 is 0 Å². The quantitative estimate of drug-likeness (QED) is 0.199. The number of carboxylic acids is 1. The van der Waals surface area contributed by atoms with Gasteiger partial charge in [0.25, 0.3) is 0 Å². The number of nitrogens with one attached hydrogen (secondary N) is 1. The van der Waals surface area contributed by atoms with Crippen LogP contribution in [0.4, 0.5) is 0 Å². The van der Waals surface area contributed by atoms with Gasteiger partial charge in [-0.3, -0.25) is 9.59 Å². The van der Waals surface area contributed by atoms with Gasteiger partial charge < -0.3 is 25.2 Å². The summed E-state index contributed by atoms with van der Waals surface area (Å²) in [7, 11) is -1.63. The summed E-state index contributed by atoms with van der Waals surface area (Å²) >= 11 is 0.995. The summed E-state index contributed by atoms with van der Waals surface area (Å²) in [4.78, 5) is 22.4. The van der Waals surface area contributed by atoms with Crippen molar-refractivity contribution in [1.29, 1.82) is 0 Å². The molecule has 4 N–H and O–H groups in total. The lowest BCUT2D eigenvalue weighted by Crippen LogP contribution is -2.30. The predicted molar refractivity (Wildman–Crippen MR) is 103 cm³/mol. The third-order valence-electron chi connectivity index (χ3n) is 3.57. The molecule has 9 nitrogen and oxygen atoms in total. The highest BCUT2D eigenvalue weighted by Crippen LogP contribution is 2.22. The van der Waals surface area contributed by atoms with Crippen molar-refractivity contribution in [3.8, 4) is 5.75 Å². The van der Waals surface area contributed by atoms with E-state index < -0.39 is 24.2 Å². The number of benzene rings is 1. The number of hydrogen-bond donors (Lipinski definition) is 4. The van der Waals surface area contributed by atoms with Crippen molar-refractivity contribution in [3.63, 3.8) is 0 Å². The van der Waals surface area contributed by atoms with Gasteiger partial charge in [0.1, 0.15) is 11.0 Å². The van der Waals surface area contributed by atoms with Crippen molar-refractivity contribution in [2.24, 2.45) is 10.2 Å². The standard InChI is InChI=1S/C16H20BN3O6S/c1-2-3-6-26-12-5-4-11(17(24)25)7-10(12)9-18-20-16-19-15(23)13(27-16)8-14(21)22/h4-5,7,9,13,24-25H,2-3,6,8H2,1H3,(H,21,22)(H,19,20,23). The average Bonchev–Trinajstić information content (AvgIpc) is 2.94. The molecule has 0 aliphatic carbocycles. The molecule has 1 aromatic rings. The zero-order chi connectivity index (χ0) is 19.8. The maximum atomic E-state index is 11.7. The molecule has 11 heteroatoms. The van der Waals surface area contributed by atoms with E-state index in [0.717, 1.165) is 24.6 Å². The van der Waals surface area contributed by atoms with Crippen LogP contribution >= 0.6 is 11.8 Å². The largest absolute Gasteiger partial charge is 0.493 e. The van der Waals surface area contributed by atoms with E-state index in [1.165, 1.54) is 12.3 Å². The molecule has 27 heavy (non-hydrogen) atoms. The van der Waals surface area contributed by atoms with E-state index in [1.807, 2.05) is 6.92 Å². The van der Waals surface area contributed by atoms with E-state index in [9.17, 15) is 19.6 Å². The molecule has 1 fully saturated rings. The van der Waals surface area contributed by atoms with E-state index in [4.69, 9.17) is 9.84 Å². The smallest absolute Gasteiger partial charge is 0.488 e. The Morgan fingerprint density at radius 1 is 1.44 bits per heavy atom. The van der Waals surface area contributed by atoms with Crippen LogP contribution < -0.4 is 15.5 Å². The molecule has 1 atom stereocenters. The van der Waals surface area contributed by atoms with Gasteiger partial charge in [-0.15, -0.1) is 5.10 Å². The summed E-state index contributed by atoms with van der Waals surface area (Å²) in [6.45, 7) is 2.55. The number of carbonyl (C=O) groups is 2. The Kier molecular flexibility index (Phi) is 7.83. The molecule has 144 valence electrons. The molecule has 0 aromatic heterocycles. The summed E-state index contributed by atoms with van der Waals surface area (Å²) in [6.07, 6.45) is 2.92. The molecule has 0 radical (unpaired) electrons. The molecule has 1 aliphatic heterocycles. The molecule has 0 bridgehead atoms. The number of carboxylic acid groups (broad SMARTS) is 1. The van der Waals surface area contributed by atoms with Gasteiger partial charge in [-0.25, -0.2) is 0 Å². The van der Waals surface area contributed by atoms with Gasteiger partial charge in [0.2, 0.25) is 5.91 Å². The molecule has 1 aromatic carbocycles. The van der Waals surface area contributed by atoms with Crippen LogP contribution in [0, 0.1) is 0 Å². The number of aliphatic carboxylic acids is 1. The number of amidine groups is 1. The highest BCUT2D eigenvalue weighted by molar-refractivity contribution is 8.15. The van der Waals surface area contributed by atoms with Gasteiger partial charge in [0.05, 0.1) is 19.2 Å². The SMILES string of the molecule is CCCCOc1ccc(B(O)O)cc1C=NN=C1NC(=O)C(CC(=O)O)S1. The average molecular weight is 393 g/mol. The molecule has 2 rings (SSSR count). The van der Waals surface area contributed by atoms with Crippen LogP contribution in [0.3, 0.4) is 0 Å². The van der Waals surface area contributed by atoms with E-state index in [0.29, 0.717) is 17.9 Å². The van der Waals surface area contributed by atoms with Crippen LogP contribution in [0.25, 0.3) is 0 Å². The summed E-state index contributed by atoms with van der Waals surface area (Å²) in [5, 5.41) is 37.1. The Balaban J connectivity index is 2.13. The second kappa shape index (κ2) is 10.1. The Morgan fingerprint density at radius 3 is 2.89 bits per heavy atom. The maximum Gasteiger partial charge on any atom is 0.488 e. The Bertz CT molecular complexity index is 756. The zero-order valence-corrected chi connectivity index (χ0v) is 15.5.